The van der Waals surface area contributed by atoms with E-state index in [1.54, 1.807) is 4.90 Å². The Morgan fingerprint density at radius 3 is 2.70 bits per heavy atom. The minimum Gasteiger partial charge on any atom is -0.368 e. The van der Waals surface area contributed by atoms with Crippen LogP contribution in [-0.2, 0) is 14.4 Å². The third kappa shape index (κ3) is 3.88. The zero-order valence-corrected chi connectivity index (χ0v) is 13.8. The second-order valence-corrected chi connectivity index (χ2v) is 6.32. The Kier molecular flexibility index (Phi) is 5.03. The lowest BCUT2D eigenvalue weighted by Gasteiger charge is -2.21. The molecule has 1 saturated heterocycles. The van der Waals surface area contributed by atoms with Gasteiger partial charge in [-0.1, -0.05) is 26.0 Å². The SMILES string of the molecule is CC(C)c1cccc(N2C[C@H](C(=O)N(C)CC(N)=O)CC2=O)c1. The molecule has 0 bridgehead atoms. The standard InChI is InChI=1S/C17H23N3O3/c1-11(2)12-5-4-6-14(7-12)20-9-13(8-16(20)22)17(23)19(3)10-15(18)21/h4-7,11,13H,8-10H2,1-3H3,(H2,18,21)/t13-/m1/s1. The zero-order chi connectivity index (χ0) is 17.1. The van der Waals surface area contributed by atoms with Gasteiger partial charge in [0.2, 0.25) is 17.7 Å². The van der Waals surface area contributed by atoms with Gasteiger partial charge in [0.15, 0.2) is 0 Å². The second-order valence-electron chi connectivity index (χ2n) is 6.32. The molecule has 124 valence electrons. The molecule has 0 aliphatic carbocycles. The fourth-order valence-electron chi connectivity index (χ4n) is 2.80. The molecular formula is C17H23N3O3. The summed E-state index contributed by atoms with van der Waals surface area (Å²) in [4.78, 5) is 38.5. The third-order valence-corrected chi connectivity index (χ3v) is 4.09. The van der Waals surface area contributed by atoms with Gasteiger partial charge in [0, 0.05) is 25.7 Å². The number of hydrogen-bond acceptors (Lipinski definition) is 3. The van der Waals surface area contributed by atoms with E-state index in [1.165, 1.54) is 11.9 Å². The van der Waals surface area contributed by atoms with Crippen LogP contribution in [0.2, 0.25) is 0 Å². The van der Waals surface area contributed by atoms with Crippen LogP contribution in [0.5, 0.6) is 0 Å². The fraction of sp³-hybridized carbons (Fsp3) is 0.471. The Morgan fingerprint density at radius 2 is 2.09 bits per heavy atom. The first-order valence-corrected chi connectivity index (χ1v) is 7.73. The Labute approximate surface area is 136 Å². The van der Waals surface area contributed by atoms with E-state index in [-0.39, 0.29) is 24.8 Å². The number of anilines is 1. The molecule has 2 rings (SSSR count). The van der Waals surface area contributed by atoms with E-state index in [4.69, 9.17) is 5.73 Å². The number of primary amides is 1. The van der Waals surface area contributed by atoms with E-state index in [1.807, 2.05) is 24.3 Å². The van der Waals surface area contributed by atoms with Gasteiger partial charge in [-0.2, -0.15) is 0 Å². The molecule has 1 fully saturated rings. The maximum atomic E-state index is 12.3. The number of hydrogen-bond donors (Lipinski definition) is 1. The van der Waals surface area contributed by atoms with Crippen molar-refractivity contribution in [3.63, 3.8) is 0 Å². The predicted octanol–water partition coefficient (Wildman–Crippen LogP) is 1.11. The summed E-state index contributed by atoms with van der Waals surface area (Å²) in [5, 5.41) is 0. The molecule has 6 nitrogen and oxygen atoms in total. The van der Waals surface area contributed by atoms with E-state index in [0.29, 0.717) is 12.5 Å². The Hall–Kier alpha value is -2.37. The highest BCUT2D eigenvalue weighted by atomic mass is 16.2. The van der Waals surface area contributed by atoms with Gasteiger partial charge in [0.25, 0.3) is 0 Å². The first kappa shape index (κ1) is 17.0. The molecule has 1 heterocycles. The highest BCUT2D eigenvalue weighted by molar-refractivity contribution is 6.00. The molecule has 0 aromatic heterocycles. The smallest absolute Gasteiger partial charge is 0.237 e. The van der Waals surface area contributed by atoms with Gasteiger partial charge in [0.05, 0.1) is 12.5 Å². The van der Waals surface area contributed by atoms with E-state index in [9.17, 15) is 14.4 Å². The Bertz CT molecular complexity index is 627. The van der Waals surface area contributed by atoms with Crippen LogP contribution in [0.25, 0.3) is 0 Å². The van der Waals surface area contributed by atoms with E-state index in [0.717, 1.165) is 11.3 Å². The van der Waals surface area contributed by atoms with Crippen LogP contribution in [-0.4, -0.2) is 42.8 Å². The van der Waals surface area contributed by atoms with Crippen LogP contribution < -0.4 is 10.6 Å². The molecule has 6 heteroatoms. The fourth-order valence-corrected chi connectivity index (χ4v) is 2.80. The van der Waals surface area contributed by atoms with E-state index >= 15 is 0 Å². The van der Waals surface area contributed by atoms with Crippen molar-refractivity contribution in [2.24, 2.45) is 11.7 Å². The normalized spacial score (nSPS) is 17.7. The minimum atomic E-state index is -0.563. The van der Waals surface area contributed by atoms with Gasteiger partial charge in [-0.25, -0.2) is 0 Å². The van der Waals surface area contributed by atoms with Crippen molar-refractivity contribution in [3.05, 3.63) is 29.8 Å². The molecule has 1 aliphatic heterocycles. The largest absolute Gasteiger partial charge is 0.368 e. The van der Waals surface area contributed by atoms with Crippen LogP contribution >= 0.6 is 0 Å². The molecule has 23 heavy (non-hydrogen) atoms. The number of nitrogens with zero attached hydrogens (tertiary/aromatic N) is 2. The maximum Gasteiger partial charge on any atom is 0.237 e. The summed E-state index contributed by atoms with van der Waals surface area (Å²) >= 11 is 0. The first-order chi connectivity index (χ1) is 10.8. The number of carbonyl (C=O) groups is 3. The van der Waals surface area contributed by atoms with E-state index < -0.39 is 11.8 Å². The average Bonchev–Trinajstić information content (AvgIpc) is 2.87. The number of likely N-dealkylation sites (N-methyl/N-ethyl adjacent to an activating group) is 1. The van der Waals surface area contributed by atoms with E-state index in [2.05, 4.69) is 13.8 Å². The lowest BCUT2D eigenvalue weighted by molar-refractivity contribution is -0.137. The highest BCUT2D eigenvalue weighted by Gasteiger charge is 2.36. The number of carbonyl (C=O) groups excluding carboxylic acids is 3. The quantitative estimate of drug-likeness (QED) is 0.883. The van der Waals surface area contributed by atoms with Gasteiger partial charge in [-0.05, 0) is 23.6 Å². The number of nitrogens with two attached hydrogens (primary N) is 1. The van der Waals surface area contributed by atoms with Crippen LogP contribution in [0.1, 0.15) is 31.7 Å². The molecule has 1 aromatic carbocycles. The third-order valence-electron chi connectivity index (χ3n) is 4.09. The second kappa shape index (κ2) is 6.81. The highest BCUT2D eigenvalue weighted by Crippen LogP contribution is 2.28. The molecule has 0 saturated carbocycles. The summed E-state index contributed by atoms with van der Waals surface area (Å²) in [6.07, 6.45) is 0.161. The lowest BCUT2D eigenvalue weighted by atomic mass is 10.0. The summed E-state index contributed by atoms with van der Waals surface area (Å²) in [6, 6.07) is 7.82. The van der Waals surface area contributed by atoms with Crippen LogP contribution in [0.3, 0.4) is 0 Å². The lowest BCUT2D eigenvalue weighted by Crippen LogP contribution is -2.39. The van der Waals surface area contributed by atoms with Crippen molar-refractivity contribution in [1.82, 2.24) is 4.90 Å². The predicted molar refractivity (Wildman–Crippen MR) is 87.8 cm³/mol. The van der Waals surface area contributed by atoms with Crippen molar-refractivity contribution < 1.29 is 14.4 Å². The molecule has 3 amide bonds. The monoisotopic (exact) mass is 317 g/mol. The summed E-state index contributed by atoms with van der Waals surface area (Å²) in [7, 11) is 1.53. The summed E-state index contributed by atoms with van der Waals surface area (Å²) in [6.45, 7) is 4.39. The molecule has 0 unspecified atom stereocenters. The molecule has 2 N–H and O–H groups in total. The molecule has 1 aliphatic rings. The van der Waals surface area contributed by atoms with Crippen molar-refractivity contribution in [1.29, 1.82) is 0 Å². The van der Waals surface area contributed by atoms with Crippen molar-refractivity contribution in [3.8, 4) is 0 Å². The van der Waals surface area contributed by atoms with Gasteiger partial charge >= 0.3 is 0 Å². The molecule has 1 atom stereocenters. The van der Waals surface area contributed by atoms with Crippen LogP contribution in [0.4, 0.5) is 5.69 Å². The molecular weight excluding hydrogens is 294 g/mol. The molecule has 1 aromatic rings. The Balaban J connectivity index is 2.12. The van der Waals surface area contributed by atoms with Gasteiger partial charge < -0.3 is 15.5 Å². The number of amides is 3. The Morgan fingerprint density at radius 1 is 1.39 bits per heavy atom. The van der Waals surface area contributed by atoms with Crippen molar-refractivity contribution in [2.45, 2.75) is 26.2 Å². The van der Waals surface area contributed by atoms with Crippen molar-refractivity contribution >= 4 is 23.4 Å². The van der Waals surface area contributed by atoms with Gasteiger partial charge in [0.1, 0.15) is 0 Å². The average molecular weight is 317 g/mol. The van der Waals surface area contributed by atoms with Crippen LogP contribution in [0.15, 0.2) is 24.3 Å². The zero-order valence-electron chi connectivity index (χ0n) is 13.8. The van der Waals surface area contributed by atoms with Gasteiger partial charge in [-0.3, -0.25) is 14.4 Å². The van der Waals surface area contributed by atoms with Crippen molar-refractivity contribution in [2.75, 3.05) is 25.0 Å². The summed E-state index contributed by atoms with van der Waals surface area (Å²) in [5.41, 5.74) is 7.07. The number of benzene rings is 1. The van der Waals surface area contributed by atoms with Gasteiger partial charge in [-0.15, -0.1) is 0 Å². The summed E-state index contributed by atoms with van der Waals surface area (Å²) < 4.78 is 0. The van der Waals surface area contributed by atoms with Crippen LogP contribution in [0, 0.1) is 5.92 Å². The number of rotatable bonds is 5. The maximum absolute atomic E-state index is 12.3. The molecule has 0 radical (unpaired) electrons. The molecule has 0 spiro atoms. The summed E-state index contributed by atoms with van der Waals surface area (Å²) in [5.74, 6) is -0.926. The minimum absolute atomic E-state index is 0.0725. The topological polar surface area (TPSA) is 83.7 Å². The first-order valence-electron chi connectivity index (χ1n) is 7.73.